The first-order chi connectivity index (χ1) is 11.0. The van der Waals surface area contributed by atoms with Crippen LogP contribution in [0.4, 0.5) is 8.78 Å². The summed E-state index contributed by atoms with van der Waals surface area (Å²) in [7, 11) is -4.07. The Morgan fingerprint density at radius 2 is 2.17 bits per heavy atom. The van der Waals surface area contributed by atoms with Gasteiger partial charge in [-0.1, -0.05) is 0 Å². The maximum Gasteiger partial charge on any atom is 0.243 e. The van der Waals surface area contributed by atoms with Gasteiger partial charge in [0.15, 0.2) is 5.82 Å². The third kappa shape index (κ3) is 3.54. The molecule has 1 fully saturated rings. The van der Waals surface area contributed by atoms with Crippen molar-refractivity contribution in [3.8, 4) is 0 Å². The molecule has 2 atom stereocenters. The van der Waals surface area contributed by atoms with Gasteiger partial charge in [-0.3, -0.25) is 5.10 Å². The molecule has 7 nitrogen and oxygen atoms in total. The molecule has 1 aliphatic heterocycles. The van der Waals surface area contributed by atoms with Crippen molar-refractivity contribution >= 4 is 10.0 Å². The molecule has 3 rings (SSSR count). The standard InChI is InChI=1S/C13H14F2N4O3S/c14-8-1-4-12(10(15)5-8)23(20,21)18-6-9-2-3-11(22-9)13-16-7-17-19-13/h1,4-5,7,9,11,18H,2-3,6H2,(H,16,17,19)/t9-,11+/m1/s1. The van der Waals surface area contributed by atoms with E-state index in [4.69, 9.17) is 4.74 Å². The molecule has 0 unspecified atom stereocenters. The number of sulfonamides is 1. The van der Waals surface area contributed by atoms with Crippen LogP contribution in [0.25, 0.3) is 0 Å². The van der Waals surface area contributed by atoms with Crippen LogP contribution in [-0.4, -0.2) is 36.2 Å². The summed E-state index contributed by atoms with van der Waals surface area (Å²) in [5, 5.41) is 6.43. The first-order valence-electron chi connectivity index (χ1n) is 6.91. The normalized spacial score (nSPS) is 21.7. The fraction of sp³-hybridized carbons (Fsp3) is 0.385. The van der Waals surface area contributed by atoms with E-state index in [2.05, 4.69) is 19.9 Å². The van der Waals surface area contributed by atoms with Crippen LogP contribution in [0.3, 0.4) is 0 Å². The molecule has 0 spiro atoms. The van der Waals surface area contributed by atoms with Crippen molar-refractivity contribution in [3.05, 3.63) is 42.0 Å². The lowest BCUT2D eigenvalue weighted by Gasteiger charge is -2.13. The van der Waals surface area contributed by atoms with Crippen molar-refractivity contribution < 1.29 is 21.9 Å². The Balaban J connectivity index is 1.62. The van der Waals surface area contributed by atoms with Gasteiger partial charge in [0.1, 0.15) is 29.0 Å². The molecule has 0 aliphatic carbocycles. The second-order valence-corrected chi connectivity index (χ2v) is 6.86. The van der Waals surface area contributed by atoms with Crippen LogP contribution < -0.4 is 4.72 Å². The highest BCUT2D eigenvalue weighted by atomic mass is 32.2. The Morgan fingerprint density at radius 1 is 1.35 bits per heavy atom. The third-order valence-electron chi connectivity index (χ3n) is 3.53. The number of nitrogens with one attached hydrogen (secondary N) is 2. The number of benzene rings is 1. The molecule has 0 amide bonds. The molecule has 2 N–H and O–H groups in total. The Morgan fingerprint density at radius 3 is 2.87 bits per heavy atom. The number of aromatic amines is 1. The molecule has 1 aliphatic rings. The molecule has 1 aromatic carbocycles. The van der Waals surface area contributed by atoms with E-state index in [-0.39, 0.29) is 18.8 Å². The molecular weight excluding hydrogens is 330 g/mol. The van der Waals surface area contributed by atoms with E-state index in [1.165, 1.54) is 6.33 Å². The Labute approximate surface area is 131 Å². The molecule has 23 heavy (non-hydrogen) atoms. The first kappa shape index (κ1) is 16.0. The number of ether oxygens (including phenoxy) is 1. The lowest BCUT2D eigenvalue weighted by Crippen LogP contribution is -2.32. The van der Waals surface area contributed by atoms with Crippen LogP contribution in [0.5, 0.6) is 0 Å². The minimum atomic E-state index is -4.07. The predicted molar refractivity (Wildman–Crippen MR) is 74.8 cm³/mol. The molecule has 0 saturated carbocycles. The average molecular weight is 344 g/mol. The summed E-state index contributed by atoms with van der Waals surface area (Å²) in [5.41, 5.74) is 0. The van der Waals surface area contributed by atoms with E-state index >= 15 is 0 Å². The predicted octanol–water partition coefficient (Wildman–Crippen LogP) is 1.28. The zero-order chi connectivity index (χ0) is 16.4. The highest BCUT2D eigenvalue weighted by Gasteiger charge is 2.30. The molecule has 2 aromatic rings. The largest absolute Gasteiger partial charge is 0.366 e. The van der Waals surface area contributed by atoms with E-state index in [1.54, 1.807) is 0 Å². The second kappa shape index (κ2) is 6.30. The van der Waals surface area contributed by atoms with Crippen LogP contribution in [-0.2, 0) is 14.8 Å². The monoisotopic (exact) mass is 344 g/mol. The van der Waals surface area contributed by atoms with Gasteiger partial charge in [-0.2, -0.15) is 5.10 Å². The third-order valence-corrected chi connectivity index (χ3v) is 4.99. The maximum atomic E-state index is 13.6. The maximum absolute atomic E-state index is 13.6. The summed E-state index contributed by atoms with van der Waals surface area (Å²) in [6.45, 7) is -0.0101. The van der Waals surface area contributed by atoms with Crippen LogP contribution in [0.15, 0.2) is 29.4 Å². The molecule has 124 valence electrons. The molecule has 1 saturated heterocycles. The lowest BCUT2D eigenvalue weighted by atomic mass is 10.2. The summed E-state index contributed by atoms with van der Waals surface area (Å²) in [6, 6.07) is 2.31. The van der Waals surface area contributed by atoms with E-state index in [1.807, 2.05) is 0 Å². The average Bonchev–Trinajstić information content (AvgIpc) is 3.16. The highest BCUT2D eigenvalue weighted by Crippen LogP contribution is 2.30. The van der Waals surface area contributed by atoms with Gasteiger partial charge in [0, 0.05) is 12.6 Å². The second-order valence-electron chi connectivity index (χ2n) is 5.12. The van der Waals surface area contributed by atoms with Gasteiger partial charge in [0.05, 0.1) is 6.10 Å². The number of rotatable bonds is 5. The minimum Gasteiger partial charge on any atom is -0.366 e. The van der Waals surface area contributed by atoms with Gasteiger partial charge < -0.3 is 4.74 Å². The number of hydrogen-bond acceptors (Lipinski definition) is 5. The van der Waals surface area contributed by atoms with Gasteiger partial charge in [-0.05, 0) is 25.0 Å². The first-order valence-corrected chi connectivity index (χ1v) is 8.39. The minimum absolute atomic E-state index is 0.0101. The lowest BCUT2D eigenvalue weighted by molar-refractivity contribution is 0.0430. The molecule has 0 bridgehead atoms. The summed E-state index contributed by atoms with van der Waals surface area (Å²) < 4.78 is 58.5. The van der Waals surface area contributed by atoms with Crippen LogP contribution in [0.2, 0.25) is 0 Å². The summed E-state index contributed by atoms with van der Waals surface area (Å²) in [6.07, 6.45) is 2.04. The zero-order valence-electron chi connectivity index (χ0n) is 11.9. The summed E-state index contributed by atoms with van der Waals surface area (Å²) in [5.74, 6) is -1.39. The smallest absolute Gasteiger partial charge is 0.243 e. The van der Waals surface area contributed by atoms with Crippen molar-refractivity contribution in [2.45, 2.75) is 29.9 Å². The van der Waals surface area contributed by atoms with Crippen molar-refractivity contribution in [2.24, 2.45) is 0 Å². The number of H-pyrrole nitrogens is 1. The van der Waals surface area contributed by atoms with Crippen molar-refractivity contribution in [2.75, 3.05) is 6.54 Å². The zero-order valence-corrected chi connectivity index (χ0v) is 12.7. The fourth-order valence-electron chi connectivity index (χ4n) is 2.40. The van der Waals surface area contributed by atoms with Crippen molar-refractivity contribution in [1.29, 1.82) is 0 Å². The number of halogens is 2. The number of nitrogens with zero attached hydrogens (tertiary/aromatic N) is 2. The van der Waals surface area contributed by atoms with Gasteiger partial charge in [-0.15, -0.1) is 0 Å². The van der Waals surface area contributed by atoms with Crippen LogP contribution >= 0.6 is 0 Å². The SMILES string of the molecule is O=S(=O)(NC[C@H]1CC[C@@H](c2ncn[nH]2)O1)c1ccc(F)cc1F. The molecule has 0 radical (unpaired) electrons. The van der Waals surface area contributed by atoms with E-state index in [0.717, 1.165) is 12.1 Å². The number of hydrogen-bond donors (Lipinski definition) is 2. The van der Waals surface area contributed by atoms with Crippen LogP contribution in [0, 0.1) is 11.6 Å². The highest BCUT2D eigenvalue weighted by molar-refractivity contribution is 7.89. The van der Waals surface area contributed by atoms with Crippen molar-refractivity contribution in [1.82, 2.24) is 19.9 Å². The van der Waals surface area contributed by atoms with E-state index in [9.17, 15) is 17.2 Å². The van der Waals surface area contributed by atoms with E-state index in [0.29, 0.717) is 24.7 Å². The summed E-state index contributed by atoms with van der Waals surface area (Å²) in [4.78, 5) is 3.40. The Kier molecular flexibility index (Phi) is 4.37. The van der Waals surface area contributed by atoms with Gasteiger partial charge in [0.25, 0.3) is 0 Å². The van der Waals surface area contributed by atoms with E-state index < -0.39 is 26.6 Å². The summed E-state index contributed by atoms with van der Waals surface area (Å²) >= 11 is 0. The number of aromatic nitrogens is 3. The van der Waals surface area contributed by atoms with Gasteiger partial charge >= 0.3 is 0 Å². The molecular formula is C13H14F2N4O3S. The van der Waals surface area contributed by atoms with Crippen molar-refractivity contribution in [3.63, 3.8) is 0 Å². The Bertz CT molecular complexity index is 783. The molecule has 10 heteroatoms. The molecule has 2 heterocycles. The topological polar surface area (TPSA) is 97.0 Å². The van der Waals surface area contributed by atoms with Gasteiger partial charge in [0.2, 0.25) is 10.0 Å². The fourth-order valence-corrected chi connectivity index (χ4v) is 3.52. The molecule has 1 aromatic heterocycles. The Hall–Kier alpha value is -1.91. The van der Waals surface area contributed by atoms with Crippen LogP contribution in [0.1, 0.15) is 24.8 Å². The quantitative estimate of drug-likeness (QED) is 0.852. The van der Waals surface area contributed by atoms with Gasteiger partial charge in [-0.25, -0.2) is 26.9 Å².